The first-order valence-corrected chi connectivity index (χ1v) is 8.44. The van der Waals surface area contributed by atoms with Crippen molar-refractivity contribution in [2.24, 2.45) is 4.99 Å². The molecule has 0 aliphatic carbocycles. The molecule has 0 aliphatic rings. The van der Waals surface area contributed by atoms with Crippen LogP contribution in [-0.4, -0.2) is 36.1 Å². The highest BCUT2D eigenvalue weighted by molar-refractivity contribution is 14.0. The zero-order valence-corrected chi connectivity index (χ0v) is 18.2. The first-order chi connectivity index (χ1) is 12.8. The Morgan fingerprint density at radius 3 is 2.46 bits per heavy atom. The number of rotatable bonds is 7. The third-order valence-electron chi connectivity index (χ3n) is 3.75. The maximum absolute atomic E-state index is 12.5. The summed E-state index contributed by atoms with van der Waals surface area (Å²) in [5.41, 5.74) is 0.0960. The summed E-state index contributed by atoms with van der Waals surface area (Å²) in [6.07, 6.45) is -2.83. The predicted octanol–water partition coefficient (Wildman–Crippen LogP) is 3.49. The largest absolute Gasteiger partial charge is 0.444 e. The number of hydrogen-bond acceptors (Lipinski definition) is 5. The van der Waals surface area contributed by atoms with E-state index in [4.69, 9.17) is 4.42 Å². The molecule has 0 amide bonds. The number of oxazole rings is 1. The molecule has 0 fully saturated rings. The lowest BCUT2D eigenvalue weighted by Gasteiger charge is -2.11. The maximum atomic E-state index is 12.5. The van der Waals surface area contributed by atoms with Crippen molar-refractivity contribution in [3.63, 3.8) is 0 Å². The van der Waals surface area contributed by atoms with Gasteiger partial charge in [-0.05, 0) is 32.4 Å². The lowest BCUT2D eigenvalue weighted by atomic mass is 10.3. The normalized spacial score (nSPS) is 11.7. The van der Waals surface area contributed by atoms with Crippen molar-refractivity contribution in [2.45, 2.75) is 33.0 Å². The van der Waals surface area contributed by atoms with Gasteiger partial charge in [0, 0.05) is 26.3 Å². The van der Waals surface area contributed by atoms with Crippen molar-refractivity contribution in [1.29, 1.82) is 0 Å². The van der Waals surface area contributed by atoms with E-state index in [1.54, 1.807) is 7.05 Å². The highest BCUT2D eigenvalue weighted by atomic mass is 127. The van der Waals surface area contributed by atoms with Crippen molar-refractivity contribution in [2.75, 3.05) is 25.5 Å². The van der Waals surface area contributed by atoms with Crippen LogP contribution in [0.1, 0.15) is 29.3 Å². The number of pyridine rings is 1. The third-order valence-corrected chi connectivity index (χ3v) is 3.75. The van der Waals surface area contributed by atoms with E-state index in [0.29, 0.717) is 37.3 Å². The molecule has 2 rings (SSSR count). The maximum Gasteiger partial charge on any atom is 0.417 e. The molecule has 11 heteroatoms. The van der Waals surface area contributed by atoms with E-state index in [9.17, 15) is 13.2 Å². The molecule has 0 saturated carbocycles. The average molecular weight is 512 g/mol. The third kappa shape index (κ3) is 7.52. The van der Waals surface area contributed by atoms with Crippen LogP contribution in [0.2, 0.25) is 0 Å². The Hall–Kier alpha value is -2.05. The number of guanidine groups is 1. The van der Waals surface area contributed by atoms with Gasteiger partial charge >= 0.3 is 6.18 Å². The molecule has 0 radical (unpaired) electrons. The van der Waals surface area contributed by atoms with Crippen molar-refractivity contribution < 1.29 is 17.6 Å². The fraction of sp³-hybridized carbons (Fsp3) is 0.471. The molecular formula is C17H24F3IN6O. The van der Waals surface area contributed by atoms with Crippen LogP contribution in [0.4, 0.5) is 19.0 Å². The lowest BCUT2D eigenvalue weighted by molar-refractivity contribution is -0.137. The molecule has 0 saturated heterocycles. The summed E-state index contributed by atoms with van der Waals surface area (Å²) in [6, 6.07) is 2.32. The number of alkyl halides is 3. The van der Waals surface area contributed by atoms with Crippen molar-refractivity contribution in [3.8, 4) is 0 Å². The second-order valence-electron chi connectivity index (χ2n) is 5.81. The fourth-order valence-electron chi connectivity index (χ4n) is 2.17. The topological polar surface area (TPSA) is 87.4 Å². The fourth-order valence-corrected chi connectivity index (χ4v) is 2.17. The van der Waals surface area contributed by atoms with Crippen LogP contribution in [0.15, 0.2) is 27.7 Å². The van der Waals surface area contributed by atoms with Gasteiger partial charge in [0.25, 0.3) is 0 Å². The van der Waals surface area contributed by atoms with Gasteiger partial charge < -0.3 is 20.4 Å². The zero-order chi connectivity index (χ0) is 19.9. The van der Waals surface area contributed by atoms with E-state index in [-0.39, 0.29) is 24.0 Å². The SMILES string of the molecule is CN=C(NCCCNc1ccc(C(F)(F)F)cn1)NCc1nc(C)c(C)o1.I. The van der Waals surface area contributed by atoms with Gasteiger partial charge in [0.05, 0.1) is 17.8 Å². The quantitative estimate of drug-likeness (QED) is 0.228. The van der Waals surface area contributed by atoms with Gasteiger partial charge in [-0.15, -0.1) is 24.0 Å². The molecule has 0 aliphatic heterocycles. The van der Waals surface area contributed by atoms with Crippen LogP contribution in [-0.2, 0) is 12.7 Å². The van der Waals surface area contributed by atoms with Crippen LogP contribution >= 0.6 is 24.0 Å². The van der Waals surface area contributed by atoms with E-state index < -0.39 is 11.7 Å². The van der Waals surface area contributed by atoms with E-state index in [1.165, 1.54) is 6.07 Å². The van der Waals surface area contributed by atoms with Gasteiger partial charge in [-0.1, -0.05) is 0 Å². The number of aliphatic imine (C=N–C) groups is 1. The van der Waals surface area contributed by atoms with Gasteiger partial charge in [0.15, 0.2) is 5.96 Å². The second kappa shape index (κ2) is 11.1. The monoisotopic (exact) mass is 512 g/mol. The molecule has 2 aromatic heterocycles. The Labute approximate surface area is 178 Å². The first kappa shape index (κ1) is 24.0. The number of aryl methyl sites for hydroxylation is 2. The van der Waals surface area contributed by atoms with E-state index in [0.717, 1.165) is 30.1 Å². The summed E-state index contributed by atoms with van der Waals surface area (Å²) < 4.78 is 42.9. The van der Waals surface area contributed by atoms with E-state index in [1.807, 2.05) is 13.8 Å². The molecule has 0 aromatic carbocycles. The molecule has 156 valence electrons. The van der Waals surface area contributed by atoms with Gasteiger partial charge in [0.1, 0.15) is 11.6 Å². The Balaban J connectivity index is 0.00000392. The van der Waals surface area contributed by atoms with Gasteiger partial charge in [-0.2, -0.15) is 13.2 Å². The molecule has 0 spiro atoms. The minimum atomic E-state index is -4.37. The van der Waals surface area contributed by atoms with Crippen LogP contribution in [0, 0.1) is 13.8 Å². The number of nitrogens with one attached hydrogen (secondary N) is 3. The predicted molar refractivity (Wildman–Crippen MR) is 112 cm³/mol. The number of halogens is 4. The highest BCUT2D eigenvalue weighted by Crippen LogP contribution is 2.28. The highest BCUT2D eigenvalue weighted by Gasteiger charge is 2.30. The summed E-state index contributed by atoms with van der Waals surface area (Å²) in [6.45, 7) is 5.34. The van der Waals surface area contributed by atoms with E-state index >= 15 is 0 Å². The van der Waals surface area contributed by atoms with Gasteiger partial charge in [0.2, 0.25) is 5.89 Å². The Bertz CT molecular complexity index is 742. The van der Waals surface area contributed by atoms with E-state index in [2.05, 4.69) is 30.9 Å². The molecule has 0 unspecified atom stereocenters. The second-order valence-corrected chi connectivity index (χ2v) is 5.81. The van der Waals surface area contributed by atoms with Crippen LogP contribution in [0.5, 0.6) is 0 Å². The molecule has 28 heavy (non-hydrogen) atoms. The molecule has 2 aromatic rings. The molecule has 3 N–H and O–H groups in total. The first-order valence-electron chi connectivity index (χ1n) is 8.44. The van der Waals surface area contributed by atoms with Gasteiger partial charge in [-0.3, -0.25) is 4.99 Å². The number of anilines is 1. The van der Waals surface area contributed by atoms with Crippen molar-refractivity contribution >= 4 is 35.8 Å². The molecule has 2 heterocycles. The van der Waals surface area contributed by atoms with Crippen LogP contribution in [0.3, 0.4) is 0 Å². The average Bonchev–Trinajstić information content (AvgIpc) is 2.95. The number of aromatic nitrogens is 2. The molecule has 0 atom stereocenters. The summed E-state index contributed by atoms with van der Waals surface area (Å²) in [7, 11) is 1.66. The summed E-state index contributed by atoms with van der Waals surface area (Å²) in [5, 5.41) is 9.21. The smallest absolute Gasteiger partial charge is 0.417 e. The summed E-state index contributed by atoms with van der Waals surface area (Å²) >= 11 is 0. The lowest BCUT2D eigenvalue weighted by Crippen LogP contribution is -2.37. The molecule has 7 nitrogen and oxygen atoms in total. The number of hydrogen-bond donors (Lipinski definition) is 3. The minimum Gasteiger partial charge on any atom is -0.444 e. The Morgan fingerprint density at radius 2 is 1.93 bits per heavy atom. The van der Waals surface area contributed by atoms with Crippen molar-refractivity contribution in [1.82, 2.24) is 20.6 Å². The minimum absolute atomic E-state index is 0. The molecular weight excluding hydrogens is 488 g/mol. The Morgan fingerprint density at radius 1 is 1.18 bits per heavy atom. The standard InChI is InChI=1S/C17H23F3N6O.HI/c1-11-12(2)27-15(26-11)10-25-16(21-3)23-8-4-7-22-14-6-5-13(9-24-14)17(18,19)20;/h5-6,9H,4,7-8,10H2,1-3H3,(H,22,24)(H2,21,23,25);1H. The van der Waals surface area contributed by atoms with Gasteiger partial charge in [-0.25, -0.2) is 9.97 Å². The summed E-state index contributed by atoms with van der Waals surface area (Å²) in [4.78, 5) is 12.1. The zero-order valence-electron chi connectivity index (χ0n) is 15.9. The number of nitrogens with zero attached hydrogens (tertiary/aromatic N) is 3. The van der Waals surface area contributed by atoms with Crippen LogP contribution in [0.25, 0.3) is 0 Å². The Kier molecular flexibility index (Phi) is 9.49. The summed E-state index contributed by atoms with van der Waals surface area (Å²) in [5.74, 6) is 2.39. The van der Waals surface area contributed by atoms with Crippen LogP contribution < -0.4 is 16.0 Å². The molecule has 0 bridgehead atoms. The van der Waals surface area contributed by atoms with Crippen molar-refractivity contribution in [3.05, 3.63) is 41.2 Å².